The maximum Gasteiger partial charge on any atom is 0.349 e. The summed E-state index contributed by atoms with van der Waals surface area (Å²) in [5, 5.41) is 3.30. The van der Waals surface area contributed by atoms with Gasteiger partial charge in [-0.1, -0.05) is 45.0 Å². The Hall–Kier alpha value is -3.67. The van der Waals surface area contributed by atoms with Crippen LogP contribution in [0.4, 0.5) is 0 Å². The molecule has 3 aromatic rings. The highest BCUT2D eigenvalue weighted by atomic mass is 16.5. The standard InChI is InChI=1S/C26H27NO5/c1-5-17(4)27-25(29)22-14-20-11-12-21(15-23(20)32-26(22)30)31-24(28)13-8-18-6-9-19(10-7-18)16(2)3/h6-17H,5H2,1-4H3,(H,27,29)/b13-8+. The van der Waals surface area contributed by atoms with Crippen molar-refractivity contribution in [1.82, 2.24) is 5.32 Å². The minimum Gasteiger partial charge on any atom is -0.423 e. The number of carbonyl (C=O) groups excluding carboxylic acids is 2. The summed E-state index contributed by atoms with van der Waals surface area (Å²) in [6.45, 7) is 8.04. The highest BCUT2D eigenvalue weighted by molar-refractivity contribution is 5.97. The van der Waals surface area contributed by atoms with E-state index in [0.29, 0.717) is 11.3 Å². The fourth-order valence-corrected chi connectivity index (χ4v) is 3.02. The Kier molecular flexibility index (Phi) is 7.25. The first-order valence-electron chi connectivity index (χ1n) is 10.7. The van der Waals surface area contributed by atoms with Crippen molar-refractivity contribution in [2.75, 3.05) is 0 Å². The highest BCUT2D eigenvalue weighted by Crippen LogP contribution is 2.21. The molecule has 1 aromatic heterocycles. The van der Waals surface area contributed by atoms with Crippen molar-refractivity contribution in [3.05, 3.63) is 81.7 Å². The summed E-state index contributed by atoms with van der Waals surface area (Å²) in [6.07, 6.45) is 3.76. The van der Waals surface area contributed by atoms with E-state index >= 15 is 0 Å². The summed E-state index contributed by atoms with van der Waals surface area (Å²) >= 11 is 0. The van der Waals surface area contributed by atoms with Crippen molar-refractivity contribution in [1.29, 1.82) is 0 Å². The van der Waals surface area contributed by atoms with Gasteiger partial charge in [0.2, 0.25) is 0 Å². The third-order valence-electron chi connectivity index (χ3n) is 5.18. The first-order valence-corrected chi connectivity index (χ1v) is 10.7. The van der Waals surface area contributed by atoms with Crippen molar-refractivity contribution >= 4 is 28.9 Å². The third kappa shape index (κ3) is 5.72. The molecule has 0 aliphatic carbocycles. The molecule has 3 rings (SSSR count). The number of hydrogen-bond acceptors (Lipinski definition) is 5. The summed E-state index contributed by atoms with van der Waals surface area (Å²) in [4.78, 5) is 36.7. The molecule has 0 spiro atoms. The number of carbonyl (C=O) groups is 2. The van der Waals surface area contributed by atoms with Crippen LogP contribution in [-0.4, -0.2) is 17.9 Å². The molecule has 0 saturated carbocycles. The van der Waals surface area contributed by atoms with Crippen LogP contribution >= 0.6 is 0 Å². The van der Waals surface area contributed by atoms with Crippen molar-refractivity contribution in [3.8, 4) is 5.75 Å². The van der Waals surface area contributed by atoms with Gasteiger partial charge in [-0.25, -0.2) is 9.59 Å². The molecule has 1 N–H and O–H groups in total. The molecule has 0 aliphatic rings. The lowest BCUT2D eigenvalue weighted by molar-refractivity contribution is -0.128. The van der Waals surface area contributed by atoms with Crippen LogP contribution in [0.15, 0.2) is 63.8 Å². The predicted molar refractivity (Wildman–Crippen MR) is 125 cm³/mol. The monoisotopic (exact) mass is 433 g/mol. The first kappa shape index (κ1) is 23.0. The average Bonchev–Trinajstić information content (AvgIpc) is 2.77. The van der Waals surface area contributed by atoms with Crippen LogP contribution in [-0.2, 0) is 4.79 Å². The summed E-state index contributed by atoms with van der Waals surface area (Å²) in [5.74, 6) is -0.347. The van der Waals surface area contributed by atoms with E-state index in [1.54, 1.807) is 18.2 Å². The van der Waals surface area contributed by atoms with Gasteiger partial charge in [0.05, 0.1) is 0 Å². The topological polar surface area (TPSA) is 85.6 Å². The van der Waals surface area contributed by atoms with E-state index in [-0.39, 0.29) is 22.9 Å². The number of amides is 1. The van der Waals surface area contributed by atoms with Crippen molar-refractivity contribution in [2.45, 2.75) is 46.1 Å². The SMILES string of the molecule is CCC(C)NC(=O)c1cc2ccc(OC(=O)/C=C/c3ccc(C(C)C)cc3)cc2oc1=O. The second-order valence-corrected chi connectivity index (χ2v) is 8.01. The molecule has 0 bridgehead atoms. The lowest BCUT2D eigenvalue weighted by Gasteiger charge is -2.11. The van der Waals surface area contributed by atoms with Gasteiger partial charge in [0, 0.05) is 23.6 Å². The van der Waals surface area contributed by atoms with Gasteiger partial charge in [0.15, 0.2) is 0 Å². The second kappa shape index (κ2) is 10.1. The lowest BCUT2D eigenvalue weighted by Crippen LogP contribution is -2.34. The van der Waals surface area contributed by atoms with Gasteiger partial charge in [0.1, 0.15) is 16.9 Å². The van der Waals surface area contributed by atoms with Crippen LogP contribution in [0.1, 0.15) is 61.5 Å². The fourth-order valence-electron chi connectivity index (χ4n) is 3.02. The van der Waals surface area contributed by atoms with E-state index in [2.05, 4.69) is 19.2 Å². The molecule has 6 nitrogen and oxygen atoms in total. The number of rotatable bonds is 7. The summed E-state index contributed by atoms with van der Waals surface area (Å²) < 4.78 is 10.6. The normalized spacial score (nSPS) is 12.3. The Morgan fingerprint density at radius 2 is 1.78 bits per heavy atom. The van der Waals surface area contributed by atoms with E-state index in [1.165, 1.54) is 23.8 Å². The van der Waals surface area contributed by atoms with Crippen molar-refractivity contribution in [2.24, 2.45) is 0 Å². The quantitative estimate of drug-likeness (QED) is 0.244. The molecule has 32 heavy (non-hydrogen) atoms. The van der Waals surface area contributed by atoms with Gasteiger partial charge in [-0.15, -0.1) is 0 Å². The Morgan fingerprint density at radius 3 is 2.44 bits per heavy atom. The van der Waals surface area contributed by atoms with E-state index in [1.807, 2.05) is 38.1 Å². The maximum absolute atomic E-state index is 12.3. The Labute approximate surface area is 186 Å². The number of fused-ring (bicyclic) bond motifs is 1. The zero-order valence-corrected chi connectivity index (χ0v) is 18.7. The van der Waals surface area contributed by atoms with Gasteiger partial charge in [0.25, 0.3) is 5.91 Å². The number of benzene rings is 2. The van der Waals surface area contributed by atoms with E-state index < -0.39 is 17.5 Å². The molecule has 1 atom stereocenters. The zero-order chi connectivity index (χ0) is 23.3. The smallest absolute Gasteiger partial charge is 0.349 e. The Bertz CT molecular complexity index is 1210. The number of nitrogens with one attached hydrogen (secondary N) is 1. The van der Waals surface area contributed by atoms with Crippen LogP contribution in [0.3, 0.4) is 0 Å². The summed E-state index contributed by atoms with van der Waals surface area (Å²) in [5.41, 5.74) is 1.54. The summed E-state index contributed by atoms with van der Waals surface area (Å²) in [7, 11) is 0. The number of esters is 1. The molecule has 1 heterocycles. The Balaban J connectivity index is 1.72. The van der Waals surface area contributed by atoms with E-state index in [4.69, 9.17) is 9.15 Å². The van der Waals surface area contributed by atoms with Gasteiger partial charge in [-0.2, -0.15) is 0 Å². The molecule has 0 aliphatic heterocycles. The minimum atomic E-state index is -0.744. The summed E-state index contributed by atoms with van der Waals surface area (Å²) in [6, 6.07) is 14.0. The molecule has 0 fully saturated rings. The molecule has 0 saturated heterocycles. The molecular formula is C26H27NO5. The van der Waals surface area contributed by atoms with Crippen molar-refractivity contribution < 1.29 is 18.7 Å². The van der Waals surface area contributed by atoms with Gasteiger partial charge in [-0.05, 0) is 54.7 Å². The minimum absolute atomic E-state index is 0.0550. The predicted octanol–water partition coefficient (Wildman–Crippen LogP) is 5.06. The fraction of sp³-hybridized carbons (Fsp3) is 0.269. The molecule has 6 heteroatoms. The molecular weight excluding hydrogens is 406 g/mol. The van der Waals surface area contributed by atoms with Crippen LogP contribution in [0.5, 0.6) is 5.75 Å². The van der Waals surface area contributed by atoms with E-state index in [9.17, 15) is 14.4 Å². The molecule has 1 amide bonds. The third-order valence-corrected chi connectivity index (χ3v) is 5.18. The molecule has 1 unspecified atom stereocenters. The zero-order valence-electron chi connectivity index (χ0n) is 18.7. The second-order valence-electron chi connectivity index (χ2n) is 8.01. The van der Waals surface area contributed by atoms with Gasteiger partial charge >= 0.3 is 11.6 Å². The van der Waals surface area contributed by atoms with Crippen LogP contribution in [0.25, 0.3) is 17.0 Å². The van der Waals surface area contributed by atoms with Crippen molar-refractivity contribution in [3.63, 3.8) is 0 Å². The maximum atomic E-state index is 12.3. The number of ether oxygens (including phenoxy) is 1. The molecule has 2 aromatic carbocycles. The van der Waals surface area contributed by atoms with Crippen LogP contribution < -0.4 is 15.7 Å². The van der Waals surface area contributed by atoms with Gasteiger partial charge in [-0.3, -0.25) is 4.79 Å². The lowest BCUT2D eigenvalue weighted by atomic mass is 10.0. The molecule has 0 radical (unpaired) electrons. The van der Waals surface area contributed by atoms with Crippen LogP contribution in [0.2, 0.25) is 0 Å². The van der Waals surface area contributed by atoms with E-state index in [0.717, 1.165) is 12.0 Å². The Morgan fingerprint density at radius 1 is 1.06 bits per heavy atom. The van der Waals surface area contributed by atoms with Gasteiger partial charge < -0.3 is 14.5 Å². The highest BCUT2D eigenvalue weighted by Gasteiger charge is 2.16. The van der Waals surface area contributed by atoms with Crippen LogP contribution in [0, 0.1) is 0 Å². The first-order chi connectivity index (χ1) is 15.3. The molecule has 166 valence electrons. The number of hydrogen-bond donors (Lipinski definition) is 1. The largest absolute Gasteiger partial charge is 0.423 e. The average molecular weight is 434 g/mol.